The first-order valence-corrected chi connectivity index (χ1v) is 14.4. The SMILES string of the molecule is Cn1ccnc(Cc2cc3nccc(-c4cc(Cl)cc5c4N([C@@H]4CNC6(CCC6)C4)CCC5)c3s2)c1=O. The minimum absolute atomic E-state index is 0.0536. The van der Waals surface area contributed by atoms with E-state index < -0.39 is 0 Å². The maximum Gasteiger partial charge on any atom is 0.272 e. The van der Waals surface area contributed by atoms with Gasteiger partial charge >= 0.3 is 0 Å². The highest BCUT2D eigenvalue weighted by atomic mass is 35.5. The minimum Gasteiger partial charge on any atom is -0.366 e. The Bertz CT molecular complexity index is 1570. The molecule has 1 saturated heterocycles. The second-order valence-electron chi connectivity index (χ2n) is 10.9. The third-order valence-electron chi connectivity index (χ3n) is 8.56. The van der Waals surface area contributed by atoms with Crippen molar-refractivity contribution in [1.82, 2.24) is 19.9 Å². The summed E-state index contributed by atoms with van der Waals surface area (Å²) in [7, 11) is 1.76. The van der Waals surface area contributed by atoms with Crippen molar-refractivity contribution in [3.8, 4) is 11.1 Å². The van der Waals surface area contributed by atoms with Gasteiger partial charge in [0.05, 0.1) is 10.2 Å². The Morgan fingerprint density at radius 2 is 2.05 bits per heavy atom. The van der Waals surface area contributed by atoms with Gasteiger partial charge in [-0.1, -0.05) is 11.6 Å². The molecule has 3 aromatic heterocycles. The molecule has 1 aromatic carbocycles. The minimum atomic E-state index is -0.0536. The lowest BCUT2D eigenvalue weighted by molar-refractivity contribution is 0.214. The molecule has 8 heteroatoms. The third-order valence-corrected chi connectivity index (χ3v) is 9.93. The predicted molar refractivity (Wildman–Crippen MR) is 151 cm³/mol. The zero-order valence-corrected chi connectivity index (χ0v) is 22.5. The van der Waals surface area contributed by atoms with Gasteiger partial charge in [0.2, 0.25) is 0 Å². The fourth-order valence-electron chi connectivity index (χ4n) is 6.56. The van der Waals surface area contributed by atoms with Gasteiger partial charge in [-0.25, -0.2) is 0 Å². The van der Waals surface area contributed by atoms with Crippen LogP contribution in [-0.4, -0.2) is 39.2 Å². The van der Waals surface area contributed by atoms with Gasteiger partial charge in [0.1, 0.15) is 5.69 Å². The normalized spacial score (nSPS) is 20.4. The number of aromatic nitrogens is 3. The van der Waals surface area contributed by atoms with Crippen LogP contribution in [0.1, 0.15) is 48.2 Å². The van der Waals surface area contributed by atoms with Crippen molar-refractivity contribution in [3.05, 3.63) is 74.4 Å². The van der Waals surface area contributed by atoms with Crippen LogP contribution in [0.25, 0.3) is 21.3 Å². The molecule has 2 fully saturated rings. The van der Waals surface area contributed by atoms with Gasteiger partial charge in [0, 0.05) is 83.4 Å². The van der Waals surface area contributed by atoms with Crippen LogP contribution in [0.4, 0.5) is 5.69 Å². The number of halogens is 1. The number of aryl methyl sites for hydroxylation is 2. The number of rotatable bonds is 4. The lowest BCUT2D eigenvalue weighted by atomic mass is 9.75. The van der Waals surface area contributed by atoms with Crippen molar-refractivity contribution in [2.24, 2.45) is 7.05 Å². The first kappa shape index (κ1) is 23.4. The molecule has 6 nitrogen and oxygen atoms in total. The summed E-state index contributed by atoms with van der Waals surface area (Å²) in [5.41, 5.74) is 6.89. The van der Waals surface area contributed by atoms with Crippen LogP contribution in [0.3, 0.4) is 0 Å². The summed E-state index contributed by atoms with van der Waals surface area (Å²) in [5, 5.41) is 4.66. The van der Waals surface area contributed by atoms with Crippen molar-refractivity contribution in [2.45, 2.75) is 56.5 Å². The van der Waals surface area contributed by atoms with E-state index >= 15 is 0 Å². The molecule has 0 bridgehead atoms. The Kier molecular flexibility index (Phi) is 5.64. The standard InChI is InChI=1S/C29H30ClN5OS/c1-34-11-9-32-25(28(34)36)15-21-14-24-27(37-21)22(5-8-31-24)23-13-19(30)12-18-4-2-10-35(26(18)23)20-16-29(33-17-20)6-3-7-29/h5,8-9,11-14,20,33H,2-4,6-7,10,15-17H2,1H3/t20-/m0/s1. The Morgan fingerprint density at radius 1 is 1.16 bits per heavy atom. The third kappa shape index (κ3) is 3.99. The Balaban J connectivity index is 1.32. The maximum atomic E-state index is 12.6. The molecule has 1 atom stereocenters. The van der Waals surface area contributed by atoms with Crippen molar-refractivity contribution in [3.63, 3.8) is 0 Å². The van der Waals surface area contributed by atoms with Gasteiger partial charge in [-0.05, 0) is 68.4 Å². The van der Waals surface area contributed by atoms with E-state index in [1.807, 2.05) is 6.20 Å². The molecule has 5 heterocycles. The van der Waals surface area contributed by atoms with Gasteiger partial charge in [0.25, 0.3) is 5.56 Å². The van der Waals surface area contributed by atoms with E-state index in [-0.39, 0.29) is 5.56 Å². The van der Waals surface area contributed by atoms with E-state index in [1.165, 1.54) is 48.1 Å². The van der Waals surface area contributed by atoms with Gasteiger partial charge in [-0.2, -0.15) is 0 Å². The molecule has 1 aliphatic carbocycles. The number of nitrogens with one attached hydrogen (secondary N) is 1. The highest BCUT2D eigenvalue weighted by molar-refractivity contribution is 7.19. The van der Waals surface area contributed by atoms with Gasteiger partial charge in [0.15, 0.2) is 0 Å². The van der Waals surface area contributed by atoms with E-state index in [0.717, 1.165) is 46.0 Å². The van der Waals surface area contributed by atoms with Crippen molar-refractivity contribution >= 4 is 38.8 Å². The first-order chi connectivity index (χ1) is 18.0. The fraction of sp³-hybridized carbons (Fsp3) is 0.414. The van der Waals surface area contributed by atoms with Crippen molar-refractivity contribution in [2.75, 3.05) is 18.0 Å². The van der Waals surface area contributed by atoms with E-state index in [2.05, 4.69) is 44.5 Å². The van der Waals surface area contributed by atoms with Crippen molar-refractivity contribution < 1.29 is 0 Å². The number of hydrogen-bond acceptors (Lipinski definition) is 6. The number of benzene rings is 1. The second-order valence-corrected chi connectivity index (χ2v) is 12.5. The van der Waals surface area contributed by atoms with Crippen LogP contribution in [0, 0.1) is 0 Å². The molecular weight excluding hydrogens is 502 g/mol. The average molecular weight is 532 g/mol. The Morgan fingerprint density at radius 3 is 2.86 bits per heavy atom. The highest BCUT2D eigenvalue weighted by Gasteiger charge is 2.45. The van der Waals surface area contributed by atoms with Gasteiger partial charge in [-0.3, -0.25) is 14.8 Å². The first-order valence-electron chi connectivity index (χ1n) is 13.2. The maximum absolute atomic E-state index is 12.6. The van der Waals surface area contributed by atoms with Crippen LogP contribution in [0.15, 0.2) is 47.7 Å². The molecule has 1 spiro atoms. The number of fused-ring (bicyclic) bond motifs is 2. The summed E-state index contributed by atoms with van der Waals surface area (Å²) in [4.78, 5) is 25.4. The van der Waals surface area contributed by atoms with E-state index in [0.29, 0.717) is 23.7 Å². The topological polar surface area (TPSA) is 63.1 Å². The summed E-state index contributed by atoms with van der Waals surface area (Å²) in [6, 6.07) is 9.05. The predicted octanol–water partition coefficient (Wildman–Crippen LogP) is 5.34. The van der Waals surface area contributed by atoms with E-state index in [4.69, 9.17) is 11.6 Å². The summed E-state index contributed by atoms with van der Waals surface area (Å²) in [6.07, 6.45) is 13.2. The zero-order chi connectivity index (χ0) is 25.1. The molecule has 4 aromatic rings. The summed E-state index contributed by atoms with van der Waals surface area (Å²) < 4.78 is 2.72. The average Bonchev–Trinajstić information content (AvgIpc) is 3.50. The van der Waals surface area contributed by atoms with Crippen LogP contribution in [0.2, 0.25) is 5.02 Å². The molecular formula is C29H30ClN5OS. The van der Waals surface area contributed by atoms with Gasteiger partial charge in [-0.15, -0.1) is 11.3 Å². The van der Waals surface area contributed by atoms with E-state index in [9.17, 15) is 4.79 Å². The Hall–Kier alpha value is -2.74. The smallest absolute Gasteiger partial charge is 0.272 e. The van der Waals surface area contributed by atoms with E-state index in [1.54, 1.807) is 35.3 Å². The van der Waals surface area contributed by atoms with Gasteiger partial charge < -0.3 is 14.8 Å². The van der Waals surface area contributed by atoms with Crippen LogP contribution < -0.4 is 15.8 Å². The fourth-order valence-corrected chi connectivity index (χ4v) is 7.95. The lowest BCUT2D eigenvalue weighted by Gasteiger charge is -2.41. The molecule has 0 radical (unpaired) electrons. The summed E-state index contributed by atoms with van der Waals surface area (Å²) in [5.74, 6) is 0. The number of nitrogens with zero attached hydrogens (tertiary/aromatic N) is 4. The van der Waals surface area contributed by atoms with Crippen LogP contribution in [-0.2, 0) is 19.9 Å². The molecule has 0 amide bonds. The number of thiophene rings is 1. The number of pyridine rings is 1. The molecule has 0 unspecified atom stereocenters. The molecule has 2 aliphatic heterocycles. The highest BCUT2D eigenvalue weighted by Crippen LogP contribution is 2.47. The molecule has 7 rings (SSSR count). The molecule has 1 saturated carbocycles. The number of hydrogen-bond donors (Lipinski definition) is 1. The van der Waals surface area contributed by atoms with Crippen LogP contribution >= 0.6 is 22.9 Å². The quantitative estimate of drug-likeness (QED) is 0.385. The van der Waals surface area contributed by atoms with Crippen molar-refractivity contribution in [1.29, 1.82) is 0 Å². The summed E-state index contributed by atoms with van der Waals surface area (Å²) >= 11 is 8.43. The van der Waals surface area contributed by atoms with Crippen LogP contribution in [0.5, 0.6) is 0 Å². The molecule has 37 heavy (non-hydrogen) atoms. The molecule has 3 aliphatic rings. The molecule has 190 valence electrons. The second kappa shape index (κ2) is 8.93. The lowest BCUT2D eigenvalue weighted by Crippen LogP contribution is -2.46. The monoisotopic (exact) mass is 531 g/mol. The largest absolute Gasteiger partial charge is 0.366 e. The molecule has 1 N–H and O–H groups in total. The Labute approximate surface area is 225 Å². The number of anilines is 1. The zero-order valence-electron chi connectivity index (χ0n) is 21.0. The summed E-state index contributed by atoms with van der Waals surface area (Å²) in [6.45, 7) is 2.13.